The van der Waals surface area contributed by atoms with Crippen LogP contribution in [-0.2, 0) is 9.53 Å². The highest BCUT2D eigenvalue weighted by molar-refractivity contribution is 14.0. The van der Waals surface area contributed by atoms with Crippen molar-refractivity contribution < 1.29 is 14.3 Å². The highest BCUT2D eigenvalue weighted by Crippen LogP contribution is 2.11. The Hall–Kier alpha value is -1.30. The number of hydrogen-bond donors (Lipinski definition) is 3. The lowest BCUT2D eigenvalue weighted by Crippen LogP contribution is -2.50. The van der Waals surface area contributed by atoms with Crippen LogP contribution in [0.4, 0.5) is 4.79 Å². The van der Waals surface area contributed by atoms with Crippen molar-refractivity contribution in [2.45, 2.75) is 59.1 Å². The maximum Gasteiger partial charge on any atom is 0.410 e. The number of halogens is 1. The molecule has 1 saturated heterocycles. The first-order valence-electron chi connectivity index (χ1n) is 11.0. The van der Waals surface area contributed by atoms with Crippen molar-refractivity contribution in [3.63, 3.8) is 0 Å². The third-order valence-corrected chi connectivity index (χ3v) is 4.77. The summed E-state index contributed by atoms with van der Waals surface area (Å²) in [5.74, 6) is 1.06. The van der Waals surface area contributed by atoms with E-state index in [1.54, 1.807) is 19.0 Å². The number of nitrogens with one attached hydrogen (secondary N) is 3. The number of rotatable bonds is 8. The predicted octanol–water partition coefficient (Wildman–Crippen LogP) is 1.87. The monoisotopic (exact) mass is 554 g/mol. The summed E-state index contributed by atoms with van der Waals surface area (Å²) in [6.07, 6.45) is 1.63. The lowest BCUT2D eigenvalue weighted by Gasteiger charge is -2.32. The zero-order chi connectivity index (χ0) is 22.7. The van der Waals surface area contributed by atoms with Crippen molar-refractivity contribution in [2.24, 2.45) is 10.9 Å². The minimum atomic E-state index is -0.495. The number of piperidine rings is 1. The van der Waals surface area contributed by atoms with Gasteiger partial charge in [0.15, 0.2) is 5.96 Å². The molecule has 1 fully saturated rings. The Morgan fingerprint density at radius 3 is 2.39 bits per heavy atom. The molecule has 0 aliphatic carbocycles. The minimum absolute atomic E-state index is 0. The lowest BCUT2D eigenvalue weighted by molar-refractivity contribution is -0.122. The lowest BCUT2D eigenvalue weighted by atomic mass is 10.1. The van der Waals surface area contributed by atoms with Crippen LogP contribution in [0, 0.1) is 5.92 Å². The summed E-state index contributed by atoms with van der Waals surface area (Å²) in [5.41, 5.74) is -0.495. The molecule has 0 aromatic carbocycles. The van der Waals surface area contributed by atoms with E-state index in [2.05, 4.69) is 27.8 Å². The van der Waals surface area contributed by atoms with E-state index >= 15 is 0 Å². The first kappa shape index (κ1) is 29.7. The Morgan fingerprint density at radius 2 is 1.87 bits per heavy atom. The van der Waals surface area contributed by atoms with Crippen LogP contribution in [0.15, 0.2) is 4.99 Å². The fourth-order valence-electron chi connectivity index (χ4n) is 3.22. The maximum absolute atomic E-state index is 12.1. The van der Waals surface area contributed by atoms with Crippen LogP contribution in [0.5, 0.6) is 0 Å². The number of hydrogen-bond acceptors (Lipinski definition) is 5. The van der Waals surface area contributed by atoms with Crippen molar-refractivity contribution in [1.82, 2.24) is 25.8 Å². The molecule has 9 nitrogen and oxygen atoms in total. The number of likely N-dealkylation sites (N-methyl/N-ethyl adjacent to an activating group) is 1. The third kappa shape index (κ3) is 13.0. The van der Waals surface area contributed by atoms with Crippen LogP contribution in [0.25, 0.3) is 0 Å². The smallest absolute Gasteiger partial charge is 0.410 e. The van der Waals surface area contributed by atoms with E-state index in [0.29, 0.717) is 25.7 Å². The largest absolute Gasteiger partial charge is 0.444 e. The van der Waals surface area contributed by atoms with Gasteiger partial charge >= 0.3 is 6.09 Å². The first-order valence-corrected chi connectivity index (χ1v) is 11.0. The van der Waals surface area contributed by atoms with Crippen molar-refractivity contribution >= 4 is 41.9 Å². The molecule has 1 aliphatic heterocycles. The number of ether oxygens (including phenoxy) is 1. The Bertz CT molecular complexity index is 574. The fraction of sp³-hybridized carbons (Fsp3) is 0.857. The van der Waals surface area contributed by atoms with E-state index in [1.807, 2.05) is 27.7 Å². The van der Waals surface area contributed by atoms with Crippen molar-refractivity contribution in [3.05, 3.63) is 0 Å². The molecule has 0 spiro atoms. The van der Waals surface area contributed by atoms with E-state index in [0.717, 1.165) is 38.4 Å². The number of aliphatic imine (C=N–C) groups is 1. The summed E-state index contributed by atoms with van der Waals surface area (Å²) in [6, 6.07) is 0.337. The third-order valence-electron chi connectivity index (χ3n) is 4.77. The highest BCUT2D eigenvalue weighted by Gasteiger charge is 2.22. The molecule has 10 heteroatoms. The van der Waals surface area contributed by atoms with Gasteiger partial charge in [-0.05, 0) is 46.5 Å². The van der Waals surface area contributed by atoms with Gasteiger partial charge in [-0.2, -0.15) is 0 Å². The highest BCUT2D eigenvalue weighted by atomic mass is 127. The molecule has 1 atom stereocenters. The number of likely N-dealkylation sites (tertiary alicyclic amines) is 1. The van der Waals surface area contributed by atoms with E-state index in [9.17, 15) is 9.59 Å². The number of carbonyl (C=O) groups excluding carboxylic acids is 2. The second-order valence-electron chi connectivity index (χ2n) is 9.05. The molecule has 0 radical (unpaired) electrons. The second-order valence-corrected chi connectivity index (χ2v) is 9.05. The summed E-state index contributed by atoms with van der Waals surface area (Å²) in [7, 11) is 3.42. The molecular weight excluding hydrogens is 511 g/mol. The van der Waals surface area contributed by atoms with Gasteiger partial charge in [0.05, 0.1) is 6.54 Å². The van der Waals surface area contributed by atoms with Crippen LogP contribution in [-0.4, -0.2) is 92.8 Å². The minimum Gasteiger partial charge on any atom is -0.444 e. The van der Waals surface area contributed by atoms with Crippen LogP contribution in [0.3, 0.4) is 0 Å². The first-order chi connectivity index (χ1) is 14.0. The van der Waals surface area contributed by atoms with Gasteiger partial charge in [-0.1, -0.05) is 6.92 Å². The summed E-state index contributed by atoms with van der Waals surface area (Å²) < 4.78 is 5.40. The summed E-state index contributed by atoms with van der Waals surface area (Å²) >= 11 is 0. The van der Waals surface area contributed by atoms with E-state index in [4.69, 9.17) is 9.73 Å². The quantitative estimate of drug-likeness (QED) is 0.241. The maximum atomic E-state index is 12.1. The van der Waals surface area contributed by atoms with Gasteiger partial charge in [-0.15, -0.1) is 24.0 Å². The summed E-state index contributed by atoms with van der Waals surface area (Å²) in [4.78, 5) is 32.1. The second kappa shape index (κ2) is 14.7. The van der Waals surface area contributed by atoms with Crippen LogP contribution in [0.1, 0.15) is 47.5 Å². The molecule has 1 aliphatic rings. The van der Waals surface area contributed by atoms with Gasteiger partial charge in [0.2, 0.25) is 5.91 Å². The zero-order valence-electron chi connectivity index (χ0n) is 20.3. The fourth-order valence-corrected chi connectivity index (χ4v) is 3.22. The standard InChI is InChI=1S/C21H42N6O3.HI/c1-8-23-19(25-17-9-11-27(12-10-17)15-18(28)22-6)24-13-16(2)14-26(7)20(29)30-21(3,4)5;/h16-17H,8-15H2,1-7H3,(H,22,28)(H2,23,24,25);1H. The molecule has 1 heterocycles. The van der Waals surface area contributed by atoms with Gasteiger partial charge in [0.25, 0.3) is 0 Å². The number of guanidine groups is 1. The number of carbonyl (C=O) groups is 2. The van der Waals surface area contributed by atoms with Crippen molar-refractivity contribution in [3.8, 4) is 0 Å². The Kier molecular flexibility index (Phi) is 14.1. The molecule has 3 N–H and O–H groups in total. The van der Waals surface area contributed by atoms with Gasteiger partial charge in [-0.3, -0.25) is 14.7 Å². The van der Waals surface area contributed by atoms with Crippen LogP contribution >= 0.6 is 24.0 Å². The Labute approximate surface area is 205 Å². The van der Waals surface area contributed by atoms with Crippen LogP contribution < -0.4 is 16.0 Å². The molecule has 31 heavy (non-hydrogen) atoms. The predicted molar refractivity (Wildman–Crippen MR) is 136 cm³/mol. The molecule has 0 aromatic heterocycles. The van der Waals surface area contributed by atoms with E-state index in [1.165, 1.54) is 0 Å². The van der Waals surface area contributed by atoms with Crippen LogP contribution in [0.2, 0.25) is 0 Å². The summed E-state index contributed by atoms with van der Waals surface area (Å²) in [6.45, 7) is 13.9. The molecule has 0 aromatic rings. The topological polar surface area (TPSA) is 98.3 Å². The Balaban J connectivity index is 0.00000900. The molecule has 0 bridgehead atoms. The van der Waals surface area contributed by atoms with Gasteiger partial charge in [-0.25, -0.2) is 4.79 Å². The average molecular weight is 555 g/mol. The zero-order valence-corrected chi connectivity index (χ0v) is 22.6. The molecule has 182 valence electrons. The number of amides is 2. The Morgan fingerprint density at radius 1 is 1.26 bits per heavy atom. The molecule has 0 saturated carbocycles. The van der Waals surface area contributed by atoms with Gasteiger partial charge in [0, 0.05) is 52.9 Å². The molecule has 1 rings (SSSR count). The average Bonchev–Trinajstić information content (AvgIpc) is 2.66. The molecular formula is C21H43IN6O3. The van der Waals surface area contributed by atoms with E-state index < -0.39 is 5.60 Å². The van der Waals surface area contributed by atoms with Gasteiger partial charge < -0.3 is 25.6 Å². The van der Waals surface area contributed by atoms with Crippen molar-refractivity contribution in [1.29, 1.82) is 0 Å². The summed E-state index contributed by atoms with van der Waals surface area (Å²) in [5, 5.41) is 9.49. The van der Waals surface area contributed by atoms with E-state index in [-0.39, 0.29) is 41.9 Å². The van der Waals surface area contributed by atoms with Gasteiger partial charge in [0.1, 0.15) is 5.60 Å². The normalized spacial score (nSPS) is 16.7. The number of nitrogens with zero attached hydrogens (tertiary/aromatic N) is 3. The molecule has 2 amide bonds. The van der Waals surface area contributed by atoms with Crippen molar-refractivity contribution in [2.75, 3.05) is 53.4 Å². The molecule has 1 unspecified atom stereocenters. The SMILES string of the molecule is CCNC(=NCC(C)CN(C)C(=O)OC(C)(C)C)NC1CCN(CC(=O)NC)CC1.I.